The first-order chi connectivity index (χ1) is 7.22. The van der Waals surface area contributed by atoms with Crippen LogP contribution in [0.3, 0.4) is 0 Å². The number of phenols is 1. The number of rotatable bonds is 6. The van der Waals surface area contributed by atoms with Crippen molar-refractivity contribution >= 4 is 11.8 Å². The molecule has 0 radical (unpaired) electrons. The predicted octanol–water partition coefficient (Wildman–Crippen LogP) is 2.62. The molecule has 0 aliphatic rings. The van der Waals surface area contributed by atoms with Crippen molar-refractivity contribution in [2.75, 3.05) is 12.8 Å². The van der Waals surface area contributed by atoms with Crippen molar-refractivity contribution < 1.29 is 5.11 Å². The van der Waals surface area contributed by atoms with E-state index in [0.29, 0.717) is 5.75 Å². The Balaban J connectivity index is 2.17. The molecular weight excluding hydrogens is 206 g/mol. The van der Waals surface area contributed by atoms with Crippen molar-refractivity contribution in [2.45, 2.75) is 25.1 Å². The van der Waals surface area contributed by atoms with Gasteiger partial charge < -0.3 is 10.4 Å². The molecule has 84 valence electrons. The van der Waals surface area contributed by atoms with Gasteiger partial charge in [0.25, 0.3) is 0 Å². The molecule has 0 amide bonds. The summed E-state index contributed by atoms with van der Waals surface area (Å²) in [4.78, 5) is 0. The zero-order valence-corrected chi connectivity index (χ0v) is 10.2. The Bertz CT molecular complexity index is 273. The van der Waals surface area contributed by atoms with Gasteiger partial charge in [0, 0.05) is 11.8 Å². The van der Waals surface area contributed by atoms with E-state index in [1.807, 2.05) is 23.9 Å². The highest BCUT2D eigenvalue weighted by molar-refractivity contribution is 7.99. The maximum absolute atomic E-state index is 9.11. The van der Waals surface area contributed by atoms with Crippen LogP contribution >= 0.6 is 11.8 Å². The Kier molecular flexibility index (Phi) is 5.58. The summed E-state index contributed by atoms with van der Waals surface area (Å²) in [6.07, 6.45) is 3.34. The number of thioether (sulfide) groups is 1. The molecule has 1 aromatic rings. The van der Waals surface area contributed by atoms with E-state index in [4.69, 9.17) is 5.11 Å². The quantitative estimate of drug-likeness (QED) is 0.730. The number of hydrogen-bond acceptors (Lipinski definition) is 3. The summed E-state index contributed by atoms with van der Waals surface area (Å²) in [5.41, 5.74) is 1.21. The molecule has 0 aromatic heterocycles. The van der Waals surface area contributed by atoms with Crippen LogP contribution < -0.4 is 5.32 Å². The summed E-state index contributed by atoms with van der Waals surface area (Å²) < 4.78 is 0. The lowest BCUT2D eigenvalue weighted by Crippen LogP contribution is -2.17. The van der Waals surface area contributed by atoms with E-state index in [1.165, 1.54) is 12.0 Å². The molecule has 0 spiro atoms. The van der Waals surface area contributed by atoms with Crippen molar-refractivity contribution in [2.24, 2.45) is 0 Å². The van der Waals surface area contributed by atoms with Crippen LogP contribution in [0.25, 0.3) is 0 Å². The fraction of sp³-hybridized carbons (Fsp3) is 0.500. The third-order valence-corrected chi connectivity index (χ3v) is 3.44. The highest BCUT2D eigenvalue weighted by Crippen LogP contribution is 2.10. The predicted molar refractivity (Wildman–Crippen MR) is 67.4 cm³/mol. The largest absolute Gasteiger partial charge is 0.508 e. The van der Waals surface area contributed by atoms with Gasteiger partial charge in [0.15, 0.2) is 0 Å². The third-order valence-electron chi connectivity index (χ3n) is 2.40. The molecule has 2 nitrogen and oxygen atoms in total. The number of hydrogen-bond donors (Lipinski definition) is 2. The lowest BCUT2D eigenvalue weighted by atomic mass is 10.2. The van der Waals surface area contributed by atoms with Gasteiger partial charge in [0.2, 0.25) is 0 Å². The summed E-state index contributed by atoms with van der Waals surface area (Å²) in [6, 6.07) is 7.34. The Hall–Kier alpha value is -0.670. The first-order valence-corrected chi connectivity index (χ1v) is 6.52. The molecule has 0 bridgehead atoms. The summed E-state index contributed by atoms with van der Waals surface area (Å²) >= 11 is 1.90. The van der Waals surface area contributed by atoms with Gasteiger partial charge in [-0.05, 0) is 36.9 Å². The molecule has 15 heavy (non-hydrogen) atoms. The van der Waals surface area contributed by atoms with Crippen molar-refractivity contribution in [3.63, 3.8) is 0 Å². The maximum Gasteiger partial charge on any atom is 0.115 e. The van der Waals surface area contributed by atoms with Crippen LogP contribution in [0.5, 0.6) is 5.75 Å². The van der Waals surface area contributed by atoms with E-state index >= 15 is 0 Å². The van der Waals surface area contributed by atoms with Crippen LogP contribution in [-0.4, -0.2) is 23.2 Å². The Morgan fingerprint density at radius 2 is 2.00 bits per heavy atom. The molecule has 1 aromatic carbocycles. The molecule has 0 fully saturated rings. The van der Waals surface area contributed by atoms with Crippen molar-refractivity contribution in [3.05, 3.63) is 29.8 Å². The summed E-state index contributed by atoms with van der Waals surface area (Å²) in [5.74, 6) is 0.328. The molecule has 0 heterocycles. The van der Waals surface area contributed by atoms with Gasteiger partial charge >= 0.3 is 0 Å². The van der Waals surface area contributed by atoms with Crippen LogP contribution in [-0.2, 0) is 6.54 Å². The molecule has 0 saturated heterocycles. The van der Waals surface area contributed by atoms with E-state index in [0.717, 1.165) is 18.3 Å². The topological polar surface area (TPSA) is 32.3 Å². The molecule has 1 atom stereocenters. The highest BCUT2D eigenvalue weighted by Gasteiger charge is 1.98. The molecule has 1 rings (SSSR count). The van der Waals surface area contributed by atoms with Gasteiger partial charge in [0.05, 0.1) is 0 Å². The lowest BCUT2D eigenvalue weighted by Gasteiger charge is -2.09. The minimum atomic E-state index is 0.328. The van der Waals surface area contributed by atoms with Gasteiger partial charge in [-0.2, -0.15) is 11.8 Å². The third kappa shape index (κ3) is 5.09. The molecule has 0 saturated carbocycles. The molecule has 3 heteroatoms. The second kappa shape index (κ2) is 6.75. The Morgan fingerprint density at radius 3 is 2.60 bits per heavy atom. The van der Waals surface area contributed by atoms with Crippen molar-refractivity contribution in [3.8, 4) is 5.75 Å². The number of aromatic hydroxyl groups is 1. The fourth-order valence-electron chi connectivity index (χ4n) is 1.27. The SMILES string of the molecule is CSC(C)CCNCc1ccc(O)cc1. The molecule has 0 aliphatic carbocycles. The van der Waals surface area contributed by atoms with E-state index in [1.54, 1.807) is 12.1 Å². The number of phenolic OH excluding ortho intramolecular Hbond substituents is 1. The van der Waals surface area contributed by atoms with E-state index in [2.05, 4.69) is 18.5 Å². The fourth-order valence-corrected chi connectivity index (χ4v) is 1.62. The summed E-state index contributed by atoms with van der Waals surface area (Å²) in [6.45, 7) is 4.16. The summed E-state index contributed by atoms with van der Waals surface area (Å²) in [7, 11) is 0. The van der Waals surface area contributed by atoms with Crippen molar-refractivity contribution in [1.82, 2.24) is 5.32 Å². The van der Waals surface area contributed by atoms with Crippen LogP contribution in [0.4, 0.5) is 0 Å². The second-order valence-electron chi connectivity index (χ2n) is 3.68. The zero-order valence-electron chi connectivity index (χ0n) is 9.36. The van der Waals surface area contributed by atoms with Gasteiger partial charge in [-0.1, -0.05) is 19.1 Å². The van der Waals surface area contributed by atoms with Crippen molar-refractivity contribution in [1.29, 1.82) is 0 Å². The lowest BCUT2D eigenvalue weighted by molar-refractivity contribution is 0.475. The molecule has 2 N–H and O–H groups in total. The molecule has 1 unspecified atom stereocenters. The monoisotopic (exact) mass is 225 g/mol. The first kappa shape index (κ1) is 12.4. The van der Waals surface area contributed by atoms with Crippen LogP contribution in [0.1, 0.15) is 18.9 Å². The van der Waals surface area contributed by atoms with E-state index in [-0.39, 0.29) is 0 Å². The minimum Gasteiger partial charge on any atom is -0.508 e. The molecule has 0 aliphatic heterocycles. The van der Waals surface area contributed by atoms with Crippen LogP contribution in [0.15, 0.2) is 24.3 Å². The Labute approximate surface area is 96.1 Å². The number of nitrogens with one attached hydrogen (secondary N) is 1. The maximum atomic E-state index is 9.11. The number of benzene rings is 1. The van der Waals surface area contributed by atoms with Gasteiger partial charge in [0.1, 0.15) is 5.75 Å². The summed E-state index contributed by atoms with van der Waals surface area (Å²) in [5, 5.41) is 13.2. The normalized spacial score (nSPS) is 12.7. The van der Waals surface area contributed by atoms with Gasteiger partial charge in [-0.3, -0.25) is 0 Å². The average Bonchev–Trinajstić information content (AvgIpc) is 2.26. The van der Waals surface area contributed by atoms with Crippen LogP contribution in [0.2, 0.25) is 0 Å². The van der Waals surface area contributed by atoms with Gasteiger partial charge in [-0.25, -0.2) is 0 Å². The Morgan fingerprint density at radius 1 is 1.33 bits per heavy atom. The van der Waals surface area contributed by atoms with E-state index in [9.17, 15) is 0 Å². The van der Waals surface area contributed by atoms with E-state index < -0.39 is 0 Å². The minimum absolute atomic E-state index is 0.328. The molecular formula is C12H19NOS. The second-order valence-corrected chi connectivity index (χ2v) is 4.95. The highest BCUT2D eigenvalue weighted by atomic mass is 32.2. The standard InChI is InChI=1S/C12H19NOS/c1-10(15-2)7-8-13-9-11-3-5-12(14)6-4-11/h3-6,10,13-14H,7-9H2,1-2H3. The van der Waals surface area contributed by atoms with Gasteiger partial charge in [-0.15, -0.1) is 0 Å². The average molecular weight is 225 g/mol. The zero-order chi connectivity index (χ0) is 11.1. The smallest absolute Gasteiger partial charge is 0.115 e. The van der Waals surface area contributed by atoms with Crippen LogP contribution in [0, 0.1) is 0 Å². The first-order valence-electron chi connectivity index (χ1n) is 5.24.